The normalized spacial score (nSPS) is 11.0. The molecule has 7 heteroatoms. The number of alkyl halides is 3. The second kappa shape index (κ2) is 4.86. The predicted octanol–water partition coefficient (Wildman–Crippen LogP) is 2.59. The van der Waals surface area contributed by atoms with Crippen molar-refractivity contribution in [3.8, 4) is 0 Å². The SMILES string of the molecule is C=NC(=C)C(=C)Nc1cnn(CC(F)(F)F)c1. The van der Waals surface area contributed by atoms with Gasteiger partial charge < -0.3 is 5.32 Å². The Bertz CT molecular complexity index is 445. The summed E-state index contributed by atoms with van der Waals surface area (Å²) in [6.07, 6.45) is -1.82. The summed E-state index contributed by atoms with van der Waals surface area (Å²) < 4.78 is 37.0. The van der Waals surface area contributed by atoms with Crippen LogP contribution in [0.15, 0.2) is 41.9 Å². The third-order valence-electron chi connectivity index (χ3n) is 1.81. The third kappa shape index (κ3) is 4.13. The molecular formula is C10H11F3N4. The van der Waals surface area contributed by atoms with Crippen LogP contribution in [0, 0.1) is 0 Å². The molecule has 0 spiro atoms. The van der Waals surface area contributed by atoms with E-state index in [1.54, 1.807) is 0 Å². The van der Waals surface area contributed by atoms with Crippen LogP contribution < -0.4 is 5.32 Å². The summed E-state index contributed by atoms with van der Waals surface area (Å²) in [6.45, 7) is 9.26. The maximum Gasteiger partial charge on any atom is 0.408 e. The van der Waals surface area contributed by atoms with Gasteiger partial charge in [0.05, 0.1) is 23.3 Å². The van der Waals surface area contributed by atoms with Crippen LogP contribution in [0.4, 0.5) is 18.9 Å². The Labute approximate surface area is 96.2 Å². The van der Waals surface area contributed by atoms with Gasteiger partial charge in [-0.25, -0.2) is 0 Å². The average Bonchev–Trinajstić information content (AvgIpc) is 2.61. The maximum absolute atomic E-state index is 12.1. The van der Waals surface area contributed by atoms with Gasteiger partial charge in [0.25, 0.3) is 0 Å². The van der Waals surface area contributed by atoms with Gasteiger partial charge in [-0.05, 0) is 6.72 Å². The molecule has 0 radical (unpaired) electrons. The number of nitrogens with one attached hydrogen (secondary N) is 1. The molecule has 0 amide bonds. The highest BCUT2D eigenvalue weighted by Gasteiger charge is 2.28. The summed E-state index contributed by atoms with van der Waals surface area (Å²) in [5.41, 5.74) is 1.05. The van der Waals surface area contributed by atoms with Crippen LogP contribution in [0.3, 0.4) is 0 Å². The van der Waals surface area contributed by atoms with Gasteiger partial charge in [0.15, 0.2) is 0 Å². The fourth-order valence-corrected chi connectivity index (χ4v) is 1.04. The zero-order valence-electron chi connectivity index (χ0n) is 8.96. The molecule has 0 aliphatic heterocycles. The molecule has 0 saturated heterocycles. The zero-order chi connectivity index (χ0) is 13.1. The maximum atomic E-state index is 12.1. The fraction of sp³-hybridized carbons (Fsp3) is 0.200. The van der Waals surface area contributed by atoms with Gasteiger partial charge in [-0.15, -0.1) is 0 Å². The Morgan fingerprint density at radius 3 is 2.65 bits per heavy atom. The van der Waals surface area contributed by atoms with E-state index in [-0.39, 0.29) is 0 Å². The van der Waals surface area contributed by atoms with Crippen molar-refractivity contribution in [2.24, 2.45) is 4.99 Å². The molecule has 0 fully saturated rings. The highest BCUT2D eigenvalue weighted by molar-refractivity contribution is 5.50. The summed E-state index contributed by atoms with van der Waals surface area (Å²) in [5, 5.41) is 6.28. The standard InChI is InChI=1S/C10H11F3N4/c1-7(14-3)8(2)16-9-4-15-17(5-9)6-10(11,12)13/h4-5,16H,1-3,6H2. The summed E-state index contributed by atoms with van der Waals surface area (Å²) in [5.74, 6) is 0. The number of nitrogens with zero attached hydrogens (tertiary/aromatic N) is 3. The lowest BCUT2D eigenvalue weighted by Gasteiger charge is -2.06. The molecule has 0 atom stereocenters. The van der Waals surface area contributed by atoms with Crippen LogP contribution in [0.2, 0.25) is 0 Å². The van der Waals surface area contributed by atoms with Crippen molar-refractivity contribution in [2.75, 3.05) is 5.32 Å². The Morgan fingerprint density at radius 2 is 2.12 bits per heavy atom. The van der Waals surface area contributed by atoms with E-state index in [1.165, 1.54) is 12.4 Å². The minimum Gasteiger partial charge on any atom is -0.352 e. The Kier molecular flexibility index (Phi) is 3.72. The van der Waals surface area contributed by atoms with E-state index in [9.17, 15) is 13.2 Å². The molecule has 1 rings (SSSR count). The summed E-state index contributed by atoms with van der Waals surface area (Å²) in [6, 6.07) is 0. The smallest absolute Gasteiger partial charge is 0.352 e. The first-order valence-electron chi connectivity index (χ1n) is 4.53. The Balaban J connectivity index is 2.66. The van der Waals surface area contributed by atoms with Crippen molar-refractivity contribution in [2.45, 2.75) is 12.7 Å². The molecule has 0 saturated carbocycles. The monoisotopic (exact) mass is 244 g/mol. The first kappa shape index (κ1) is 13.0. The van der Waals surface area contributed by atoms with Crippen LogP contribution in [0.25, 0.3) is 0 Å². The van der Waals surface area contributed by atoms with Gasteiger partial charge in [-0.1, -0.05) is 13.2 Å². The van der Waals surface area contributed by atoms with Crippen molar-refractivity contribution in [1.82, 2.24) is 9.78 Å². The minimum atomic E-state index is -4.30. The molecule has 0 aliphatic carbocycles. The fourth-order valence-electron chi connectivity index (χ4n) is 1.04. The molecule has 17 heavy (non-hydrogen) atoms. The number of aromatic nitrogens is 2. The predicted molar refractivity (Wildman–Crippen MR) is 59.7 cm³/mol. The van der Waals surface area contributed by atoms with Gasteiger partial charge in [0, 0.05) is 6.20 Å². The Morgan fingerprint density at radius 1 is 1.47 bits per heavy atom. The van der Waals surface area contributed by atoms with Gasteiger partial charge in [-0.3, -0.25) is 9.67 Å². The number of anilines is 1. The van der Waals surface area contributed by atoms with E-state index >= 15 is 0 Å². The third-order valence-corrected chi connectivity index (χ3v) is 1.81. The van der Waals surface area contributed by atoms with Crippen LogP contribution in [0.1, 0.15) is 0 Å². The number of halogens is 3. The van der Waals surface area contributed by atoms with Crippen LogP contribution >= 0.6 is 0 Å². The van der Waals surface area contributed by atoms with Gasteiger partial charge in [-0.2, -0.15) is 18.3 Å². The van der Waals surface area contributed by atoms with E-state index in [2.05, 4.69) is 35.3 Å². The molecule has 1 aromatic heterocycles. The number of hydrogen-bond acceptors (Lipinski definition) is 3. The van der Waals surface area contributed by atoms with Gasteiger partial charge in [0.1, 0.15) is 6.54 Å². The molecule has 0 aromatic carbocycles. The van der Waals surface area contributed by atoms with Crippen molar-refractivity contribution < 1.29 is 13.2 Å². The minimum absolute atomic E-state index is 0.313. The molecule has 92 valence electrons. The number of hydrogen-bond donors (Lipinski definition) is 1. The molecular weight excluding hydrogens is 233 g/mol. The van der Waals surface area contributed by atoms with Gasteiger partial charge >= 0.3 is 6.18 Å². The molecule has 4 nitrogen and oxygen atoms in total. The Hall–Kier alpha value is -2.05. The van der Waals surface area contributed by atoms with E-state index in [1.807, 2.05) is 0 Å². The molecule has 1 aromatic rings. The lowest BCUT2D eigenvalue weighted by Crippen LogP contribution is -2.17. The number of aliphatic imine (C=N–C) groups is 1. The van der Waals surface area contributed by atoms with Crippen LogP contribution in [0.5, 0.6) is 0 Å². The van der Waals surface area contributed by atoms with Crippen molar-refractivity contribution in [1.29, 1.82) is 0 Å². The molecule has 1 heterocycles. The van der Waals surface area contributed by atoms with Gasteiger partial charge in [0.2, 0.25) is 0 Å². The van der Waals surface area contributed by atoms with Crippen molar-refractivity contribution in [3.63, 3.8) is 0 Å². The lowest BCUT2D eigenvalue weighted by molar-refractivity contribution is -0.142. The summed E-state index contributed by atoms with van der Waals surface area (Å²) >= 11 is 0. The molecule has 0 unspecified atom stereocenters. The zero-order valence-corrected chi connectivity index (χ0v) is 8.96. The molecule has 0 aliphatic rings. The largest absolute Gasteiger partial charge is 0.408 e. The second-order valence-corrected chi connectivity index (χ2v) is 3.25. The quantitative estimate of drug-likeness (QED) is 0.639. The molecule has 1 N–H and O–H groups in total. The summed E-state index contributed by atoms with van der Waals surface area (Å²) in [4.78, 5) is 3.54. The number of rotatable bonds is 5. The second-order valence-electron chi connectivity index (χ2n) is 3.25. The average molecular weight is 244 g/mol. The lowest BCUT2D eigenvalue weighted by atomic mass is 10.3. The van der Waals surface area contributed by atoms with Crippen LogP contribution in [-0.4, -0.2) is 22.7 Å². The van der Waals surface area contributed by atoms with Crippen LogP contribution in [-0.2, 0) is 6.54 Å². The molecule has 0 bridgehead atoms. The topological polar surface area (TPSA) is 42.2 Å². The van der Waals surface area contributed by atoms with Crippen molar-refractivity contribution >= 4 is 12.4 Å². The van der Waals surface area contributed by atoms with Crippen molar-refractivity contribution in [3.05, 3.63) is 36.9 Å². The first-order valence-corrected chi connectivity index (χ1v) is 4.53. The highest BCUT2D eigenvalue weighted by atomic mass is 19.4. The van der Waals surface area contributed by atoms with E-state index in [0.717, 1.165) is 4.68 Å². The summed E-state index contributed by atoms with van der Waals surface area (Å²) in [7, 11) is 0. The van der Waals surface area contributed by atoms with E-state index in [0.29, 0.717) is 17.1 Å². The first-order chi connectivity index (χ1) is 7.81. The van der Waals surface area contributed by atoms with E-state index in [4.69, 9.17) is 0 Å². The van der Waals surface area contributed by atoms with E-state index < -0.39 is 12.7 Å². The highest BCUT2D eigenvalue weighted by Crippen LogP contribution is 2.19.